The van der Waals surface area contributed by atoms with Crippen molar-refractivity contribution in [1.29, 1.82) is 0 Å². The number of nitrogens with zero attached hydrogens (tertiary/aromatic N) is 1. The van der Waals surface area contributed by atoms with Crippen LogP contribution in [-0.4, -0.2) is 43.1 Å². The largest absolute Gasteiger partial charge is 0.463 e. The Bertz CT molecular complexity index is 727. The summed E-state index contributed by atoms with van der Waals surface area (Å²) >= 11 is 6.36. The minimum Gasteiger partial charge on any atom is -0.463 e. The van der Waals surface area contributed by atoms with Crippen LogP contribution in [0.2, 0.25) is 5.02 Å². The number of amides is 2. The Kier molecular flexibility index (Phi) is 6.74. The van der Waals surface area contributed by atoms with Crippen LogP contribution in [0.25, 0.3) is 0 Å². The molecule has 0 spiro atoms. The number of carbonyl (C=O) groups excluding carboxylic acids is 2. The third-order valence-electron chi connectivity index (χ3n) is 4.95. The van der Waals surface area contributed by atoms with Crippen molar-refractivity contribution < 1.29 is 14.3 Å². The van der Waals surface area contributed by atoms with Gasteiger partial charge in [0.25, 0.3) is 0 Å². The number of ether oxygens (including phenoxy) is 1. The van der Waals surface area contributed by atoms with Crippen molar-refractivity contribution in [2.24, 2.45) is 0 Å². The first-order valence-electron chi connectivity index (χ1n) is 9.54. The van der Waals surface area contributed by atoms with Gasteiger partial charge in [-0.05, 0) is 44.5 Å². The summed E-state index contributed by atoms with van der Waals surface area (Å²) in [4.78, 5) is 27.4. The van der Waals surface area contributed by atoms with Crippen LogP contribution in [0.5, 0.6) is 0 Å². The Morgan fingerprint density at radius 3 is 2.59 bits per heavy atom. The summed E-state index contributed by atoms with van der Waals surface area (Å²) in [5.41, 5.74) is 1.71. The van der Waals surface area contributed by atoms with E-state index < -0.39 is 12.0 Å². The summed E-state index contributed by atoms with van der Waals surface area (Å²) < 4.78 is 5.30. The van der Waals surface area contributed by atoms with Gasteiger partial charge < -0.3 is 15.4 Å². The molecule has 3 rings (SSSR count). The third-order valence-corrected chi connectivity index (χ3v) is 5.29. The zero-order chi connectivity index (χ0) is 19.2. The average Bonchev–Trinajstić information content (AvgIpc) is 2.90. The molecular formula is C20H26ClN3O3. The Hall–Kier alpha value is -2.05. The van der Waals surface area contributed by atoms with Crippen LogP contribution in [0.4, 0.5) is 4.79 Å². The molecule has 1 saturated heterocycles. The molecular weight excluding hydrogens is 366 g/mol. The lowest BCUT2D eigenvalue weighted by atomic mass is 9.95. The van der Waals surface area contributed by atoms with Gasteiger partial charge in [0.2, 0.25) is 0 Å². The molecule has 2 amide bonds. The molecule has 1 aromatic carbocycles. The summed E-state index contributed by atoms with van der Waals surface area (Å²) in [5, 5.41) is 6.17. The molecule has 1 fully saturated rings. The minimum atomic E-state index is -0.631. The van der Waals surface area contributed by atoms with Crippen LogP contribution in [0.15, 0.2) is 35.5 Å². The first kappa shape index (κ1) is 19.7. The first-order valence-corrected chi connectivity index (χ1v) is 9.92. The van der Waals surface area contributed by atoms with Crippen LogP contribution >= 0.6 is 11.6 Å². The second-order valence-electron chi connectivity index (χ2n) is 6.86. The van der Waals surface area contributed by atoms with Crippen molar-refractivity contribution >= 4 is 23.6 Å². The van der Waals surface area contributed by atoms with Gasteiger partial charge in [0.1, 0.15) is 0 Å². The molecule has 0 aromatic heterocycles. The monoisotopic (exact) mass is 391 g/mol. The third kappa shape index (κ3) is 4.82. The number of carbonyl (C=O) groups is 2. The number of urea groups is 1. The lowest BCUT2D eigenvalue weighted by molar-refractivity contribution is -0.139. The second-order valence-corrected chi connectivity index (χ2v) is 7.26. The lowest BCUT2D eigenvalue weighted by Gasteiger charge is -2.32. The van der Waals surface area contributed by atoms with Gasteiger partial charge in [0.05, 0.1) is 18.2 Å². The summed E-state index contributed by atoms with van der Waals surface area (Å²) in [6, 6.07) is 6.27. The van der Waals surface area contributed by atoms with E-state index in [4.69, 9.17) is 16.3 Å². The van der Waals surface area contributed by atoms with E-state index in [0.29, 0.717) is 28.4 Å². The van der Waals surface area contributed by atoms with E-state index >= 15 is 0 Å². The zero-order valence-corrected chi connectivity index (χ0v) is 16.3. The van der Waals surface area contributed by atoms with Gasteiger partial charge in [0, 0.05) is 17.3 Å². The fourth-order valence-corrected chi connectivity index (χ4v) is 3.90. The van der Waals surface area contributed by atoms with Gasteiger partial charge in [-0.15, -0.1) is 0 Å². The van der Waals surface area contributed by atoms with Crippen LogP contribution in [-0.2, 0) is 9.53 Å². The molecule has 0 aliphatic carbocycles. The number of hydrogen-bond acceptors (Lipinski definition) is 4. The smallest absolute Gasteiger partial charge is 0.338 e. The molecule has 2 aliphatic rings. The predicted octanol–water partition coefficient (Wildman–Crippen LogP) is 3.39. The van der Waals surface area contributed by atoms with E-state index in [1.807, 2.05) is 18.2 Å². The summed E-state index contributed by atoms with van der Waals surface area (Å²) in [6.45, 7) is 4.47. The topological polar surface area (TPSA) is 70.7 Å². The predicted molar refractivity (Wildman–Crippen MR) is 104 cm³/mol. The minimum absolute atomic E-state index is 0.266. The van der Waals surface area contributed by atoms with E-state index in [0.717, 1.165) is 25.9 Å². The van der Waals surface area contributed by atoms with E-state index in [9.17, 15) is 9.59 Å². The molecule has 1 aromatic rings. The fraction of sp³-hybridized carbons (Fsp3) is 0.500. The van der Waals surface area contributed by atoms with Crippen molar-refractivity contribution in [2.45, 2.75) is 38.6 Å². The molecule has 146 valence electrons. The molecule has 0 saturated carbocycles. The fourth-order valence-electron chi connectivity index (χ4n) is 3.65. The normalized spacial score (nSPS) is 21.3. The Morgan fingerprint density at radius 1 is 1.22 bits per heavy atom. The standard InChI is InChI=1S/C20H26ClN3O3/c1-2-27-19(25)17-16(13-24-11-7-3-4-8-12-24)22-20(26)23-18(17)14-9-5-6-10-15(14)21/h5-6,9-10,18H,2-4,7-8,11-13H2,1H3,(H2,22,23,26). The molecule has 7 heteroatoms. The molecule has 2 heterocycles. The molecule has 2 aliphatic heterocycles. The van der Waals surface area contributed by atoms with E-state index in [1.165, 1.54) is 12.8 Å². The second kappa shape index (κ2) is 9.24. The average molecular weight is 392 g/mol. The van der Waals surface area contributed by atoms with Gasteiger partial charge in [0.15, 0.2) is 0 Å². The van der Waals surface area contributed by atoms with Crippen LogP contribution in [0.3, 0.4) is 0 Å². The van der Waals surface area contributed by atoms with Gasteiger partial charge in [-0.2, -0.15) is 0 Å². The zero-order valence-electron chi connectivity index (χ0n) is 15.6. The number of benzene rings is 1. The Labute approximate surface area is 164 Å². The van der Waals surface area contributed by atoms with Gasteiger partial charge in [-0.25, -0.2) is 9.59 Å². The lowest BCUT2D eigenvalue weighted by Crippen LogP contribution is -2.48. The van der Waals surface area contributed by atoms with Gasteiger partial charge in [-0.3, -0.25) is 4.90 Å². The van der Waals surface area contributed by atoms with Gasteiger partial charge in [-0.1, -0.05) is 42.6 Å². The maximum absolute atomic E-state index is 12.8. The highest BCUT2D eigenvalue weighted by molar-refractivity contribution is 6.31. The highest BCUT2D eigenvalue weighted by Gasteiger charge is 2.35. The summed E-state index contributed by atoms with van der Waals surface area (Å²) in [5.74, 6) is -0.431. The first-order chi connectivity index (χ1) is 13.1. The van der Waals surface area contributed by atoms with Crippen molar-refractivity contribution in [1.82, 2.24) is 15.5 Å². The van der Waals surface area contributed by atoms with Crippen LogP contribution in [0.1, 0.15) is 44.2 Å². The Morgan fingerprint density at radius 2 is 1.93 bits per heavy atom. The van der Waals surface area contributed by atoms with E-state index in [2.05, 4.69) is 15.5 Å². The number of nitrogens with one attached hydrogen (secondary N) is 2. The molecule has 1 unspecified atom stereocenters. The van der Waals surface area contributed by atoms with Crippen LogP contribution in [0, 0.1) is 0 Å². The summed E-state index contributed by atoms with van der Waals surface area (Å²) in [7, 11) is 0. The highest BCUT2D eigenvalue weighted by Crippen LogP contribution is 2.32. The quantitative estimate of drug-likeness (QED) is 0.755. The van der Waals surface area contributed by atoms with Crippen molar-refractivity contribution in [2.75, 3.05) is 26.2 Å². The maximum atomic E-state index is 12.8. The van der Waals surface area contributed by atoms with Crippen LogP contribution < -0.4 is 10.6 Å². The molecule has 2 N–H and O–H groups in total. The Balaban J connectivity index is 1.99. The number of hydrogen-bond donors (Lipinski definition) is 2. The number of rotatable bonds is 5. The number of halogens is 1. The highest BCUT2D eigenvalue weighted by atomic mass is 35.5. The van der Waals surface area contributed by atoms with Gasteiger partial charge >= 0.3 is 12.0 Å². The summed E-state index contributed by atoms with van der Waals surface area (Å²) in [6.07, 6.45) is 4.69. The maximum Gasteiger partial charge on any atom is 0.338 e. The molecule has 0 bridgehead atoms. The SMILES string of the molecule is CCOC(=O)C1=C(CN2CCCCCC2)NC(=O)NC1c1ccccc1Cl. The number of esters is 1. The van der Waals surface area contributed by atoms with Crippen molar-refractivity contribution in [3.05, 3.63) is 46.1 Å². The van der Waals surface area contributed by atoms with E-state index in [1.54, 1.807) is 13.0 Å². The van der Waals surface area contributed by atoms with Crippen molar-refractivity contribution in [3.8, 4) is 0 Å². The molecule has 27 heavy (non-hydrogen) atoms. The molecule has 0 radical (unpaired) electrons. The van der Waals surface area contributed by atoms with E-state index in [-0.39, 0.29) is 12.6 Å². The molecule has 1 atom stereocenters. The molecule has 6 nitrogen and oxygen atoms in total. The number of likely N-dealkylation sites (tertiary alicyclic amines) is 1. The van der Waals surface area contributed by atoms with Crippen molar-refractivity contribution in [3.63, 3.8) is 0 Å².